The number of benzene rings is 1. The van der Waals surface area contributed by atoms with Crippen molar-refractivity contribution in [2.75, 3.05) is 0 Å². The zero-order valence-corrected chi connectivity index (χ0v) is 13.3. The second-order valence-electron chi connectivity index (χ2n) is 6.49. The summed E-state index contributed by atoms with van der Waals surface area (Å²) in [6.07, 6.45) is 3.14. The predicted molar refractivity (Wildman–Crippen MR) is 89.6 cm³/mol. The van der Waals surface area contributed by atoms with E-state index in [1.807, 2.05) is 45.9 Å². The molecule has 2 aromatic rings. The van der Waals surface area contributed by atoms with Gasteiger partial charge in [0.1, 0.15) is 12.7 Å². The van der Waals surface area contributed by atoms with Crippen LogP contribution in [-0.2, 0) is 17.4 Å². The summed E-state index contributed by atoms with van der Waals surface area (Å²) in [5.41, 5.74) is 1.60. The highest BCUT2D eigenvalue weighted by molar-refractivity contribution is 5.42. The van der Waals surface area contributed by atoms with Crippen molar-refractivity contribution in [2.24, 2.45) is 0 Å². The van der Waals surface area contributed by atoms with Crippen LogP contribution in [0.25, 0.3) is 0 Å². The zero-order valence-electron chi connectivity index (χ0n) is 13.3. The minimum absolute atomic E-state index is 0. The third-order valence-corrected chi connectivity index (χ3v) is 3.81. The van der Waals surface area contributed by atoms with Crippen LogP contribution in [0, 0.1) is 22.7 Å². The normalized spacial score (nSPS) is 11.2. The van der Waals surface area contributed by atoms with Gasteiger partial charge in [0.25, 0.3) is 0 Å². The minimum atomic E-state index is -0.612. The zero-order chi connectivity index (χ0) is 16.4. The summed E-state index contributed by atoms with van der Waals surface area (Å²) in [6.45, 7) is 8.08. The van der Waals surface area contributed by atoms with Crippen molar-refractivity contribution in [1.29, 1.82) is 10.5 Å². The van der Waals surface area contributed by atoms with Gasteiger partial charge in [-0.3, -0.25) is 0 Å². The molecule has 120 valence electrons. The van der Waals surface area contributed by atoms with Gasteiger partial charge in [0.15, 0.2) is 0 Å². The van der Waals surface area contributed by atoms with E-state index in [2.05, 4.69) is 22.2 Å². The van der Waals surface area contributed by atoms with Crippen LogP contribution in [0.4, 0.5) is 0 Å². The number of hydrogen-bond donors (Lipinski definition) is 0. The van der Waals surface area contributed by atoms with Crippen LogP contribution in [-0.4, -0.2) is 14.8 Å². The van der Waals surface area contributed by atoms with Crippen molar-refractivity contribution in [2.45, 2.75) is 52.5 Å². The summed E-state index contributed by atoms with van der Waals surface area (Å²) in [5, 5.41) is 22.9. The lowest BCUT2D eigenvalue weighted by Crippen LogP contribution is -2.20. The van der Waals surface area contributed by atoms with Crippen LogP contribution in [0.5, 0.6) is 0 Å². The summed E-state index contributed by atoms with van der Waals surface area (Å²) < 4.78 is 1.72. The van der Waals surface area contributed by atoms with Gasteiger partial charge in [0, 0.05) is 0 Å². The lowest BCUT2D eigenvalue weighted by Gasteiger charge is -2.23. The van der Waals surface area contributed by atoms with Gasteiger partial charge < -0.3 is 0 Å². The first-order chi connectivity index (χ1) is 10.3. The van der Waals surface area contributed by atoms with Crippen molar-refractivity contribution >= 4 is 0 Å². The Balaban J connectivity index is 0.00000264. The molecule has 0 aliphatic carbocycles. The topological polar surface area (TPSA) is 78.3 Å². The van der Waals surface area contributed by atoms with Gasteiger partial charge in [-0.15, -0.1) is 0 Å². The van der Waals surface area contributed by atoms with E-state index in [1.165, 1.54) is 6.33 Å². The van der Waals surface area contributed by atoms with Crippen LogP contribution in [0.1, 0.15) is 51.8 Å². The van der Waals surface area contributed by atoms with E-state index in [4.69, 9.17) is 0 Å². The molecule has 1 aromatic carbocycles. The van der Waals surface area contributed by atoms with E-state index in [1.54, 1.807) is 11.0 Å². The minimum Gasteiger partial charge on any atom is -0.249 e. The highest BCUT2D eigenvalue weighted by atomic mass is 15.3. The molecular formula is C18H23N5. The molecule has 0 atom stereocenters. The second-order valence-corrected chi connectivity index (χ2v) is 6.49. The molecule has 0 saturated carbocycles. The fourth-order valence-corrected chi connectivity index (χ4v) is 2.14. The molecule has 0 fully saturated rings. The Bertz CT molecular complexity index is 698. The molecule has 0 N–H and O–H groups in total. The molecular weight excluding hydrogens is 286 g/mol. The molecule has 23 heavy (non-hydrogen) atoms. The van der Waals surface area contributed by atoms with Crippen molar-refractivity contribution in [3.63, 3.8) is 0 Å². The SMILES string of the molecule is C.CC(C)(C#N)c1cc(Cn2cncn2)cc(C(C)(C)C#N)c1. The number of nitrogens with zero attached hydrogens (tertiary/aromatic N) is 5. The Hall–Kier alpha value is -2.66. The molecule has 2 rings (SSSR count). The first kappa shape index (κ1) is 18.4. The standard InChI is InChI=1S/C17H19N5.CH4/c1-16(2,9-18)14-5-13(8-22-12-20-11-21-22)6-15(7-14)17(3,4)10-19;/h5-7,11-12H,8H2,1-4H3;1H4. The van der Waals surface area contributed by atoms with Crippen LogP contribution in [0.3, 0.4) is 0 Å². The van der Waals surface area contributed by atoms with Gasteiger partial charge >= 0.3 is 0 Å². The van der Waals surface area contributed by atoms with Gasteiger partial charge in [0.2, 0.25) is 0 Å². The van der Waals surface area contributed by atoms with Crippen molar-refractivity contribution in [3.8, 4) is 12.1 Å². The van der Waals surface area contributed by atoms with Crippen molar-refractivity contribution < 1.29 is 0 Å². The number of hydrogen-bond acceptors (Lipinski definition) is 4. The first-order valence-corrected chi connectivity index (χ1v) is 7.08. The highest BCUT2D eigenvalue weighted by Gasteiger charge is 2.26. The van der Waals surface area contributed by atoms with Gasteiger partial charge in [-0.05, 0) is 44.4 Å². The molecule has 1 heterocycles. The van der Waals surface area contributed by atoms with E-state index < -0.39 is 10.8 Å². The van der Waals surface area contributed by atoms with Crippen molar-refractivity contribution in [1.82, 2.24) is 14.8 Å². The molecule has 0 spiro atoms. The Labute approximate surface area is 138 Å². The predicted octanol–water partition coefficient (Wildman–Crippen LogP) is 3.56. The smallest absolute Gasteiger partial charge is 0.137 e. The Morgan fingerprint density at radius 1 is 1.00 bits per heavy atom. The van der Waals surface area contributed by atoms with Crippen LogP contribution >= 0.6 is 0 Å². The summed E-state index contributed by atoms with van der Waals surface area (Å²) in [4.78, 5) is 3.94. The van der Waals surface area contributed by atoms with Crippen molar-refractivity contribution in [3.05, 3.63) is 47.5 Å². The van der Waals surface area contributed by atoms with Gasteiger partial charge in [-0.1, -0.05) is 25.6 Å². The summed E-state index contributed by atoms with van der Waals surface area (Å²) in [7, 11) is 0. The Kier molecular flexibility index (Phi) is 5.30. The molecule has 0 radical (unpaired) electrons. The van der Waals surface area contributed by atoms with Gasteiger partial charge in [0.05, 0.1) is 29.5 Å². The summed E-state index contributed by atoms with van der Waals surface area (Å²) >= 11 is 0. The fraction of sp³-hybridized carbons (Fsp3) is 0.444. The monoisotopic (exact) mass is 309 g/mol. The Morgan fingerprint density at radius 2 is 1.52 bits per heavy atom. The molecule has 0 bridgehead atoms. The maximum atomic E-state index is 9.40. The fourth-order valence-electron chi connectivity index (χ4n) is 2.14. The van der Waals surface area contributed by atoms with Crippen LogP contribution in [0.15, 0.2) is 30.9 Å². The average molecular weight is 309 g/mol. The third-order valence-electron chi connectivity index (χ3n) is 3.81. The molecule has 0 aliphatic heterocycles. The van der Waals surface area contributed by atoms with E-state index in [0.717, 1.165) is 16.7 Å². The van der Waals surface area contributed by atoms with E-state index in [-0.39, 0.29) is 7.43 Å². The first-order valence-electron chi connectivity index (χ1n) is 7.08. The second kappa shape index (κ2) is 6.62. The molecule has 0 saturated heterocycles. The van der Waals surface area contributed by atoms with E-state index in [0.29, 0.717) is 6.54 Å². The van der Waals surface area contributed by atoms with Gasteiger partial charge in [-0.25, -0.2) is 9.67 Å². The summed E-state index contributed by atoms with van der Waals surface area (Å²) in [5.74, 6) is 0. The number of aromatic nitrogens is 3. The van der Waals surface area contributed by atoms with Crippen LogP contribution in [0.2, 0.25) is 0 Å². The molecule has 5 nitrogen and oxygen atoms in total. The Morgan fingerprint density at radius 3 is 1.91 bits per heavy atom. The quantitative estimate of drug-likeness (QED) is 0.865. The molecule has 1 aromatic heterocycles. The van der Waals surface area contributed by atoms with E-state index in [9.17, 15) is 10.5 Å². The maximum Gasteiger partial charge on any atom is 0.137 e. The number of nitriles is 2. The largest absolute Gasteiger partial charge is 0.249 e. The number of rotatable bonds is 4. The van der Waals surface area contributed by atoms with Crippen LogP contribution < -0.4 is 0 Å². The average Bonchev–Trinajstić information content (AvgIpc) is 2.99. The molecule has 0 unspecified atom stereocenters. The molecule has 0 amide bonds. The van der Waals surface area contributed by atoms with Gasteiger partial charge in [-0.2, -0.15) is 15.6 Å². The van der Waals surface area contributed by atoms with E-state index >= 15 is 0 Å². The lowest BCUT2D eigenvalue weighted by molar-refractivity contribution is 0.646. The lowest BCUT2D eigenvalue weighted by atomic mass is 9.79. The summed E-state index contributed by atoms with van der Waals surface area (Å²) in [6, 6.07) is 10.6. The highest BCUT2D eigenvalue weighted by Crippen LogP contribution is 2.30. The molecule has 5 heteroatoms. The molecule has 0 aliphatic rings. The third kappa shape index (κ3) is 3.96. The maximum absolute atomic E-state index is 9.40.